The molecule has 0 aliphatic rings. The summed E-state index contributed by atoms with van der Waals surface area (Å²) in [5.41, 5.74) is 5.01. The van der Waals surface area contributed by atoms with E-state index >= 15 is 0 Å². The average molecular weight is 425 g/mol. The number of anilines is 1. The summed E-state index contributed by atoms with van der Waals surface area (Å²) in [4.78, 5) is 27.4. The monoisotopic (exact) mass is 424 g/mol. The Morgan fingerprint density at radius 2 is 1.65 bits per heavy atom. The second-order valence-electron chi connectivity index (χ2n) is 7.42. The molecule has 2 aromatic rings. The lowest BCUT2D eigenvalue weighted by Gasteiger charge is -2.21. The smallest absolute Gasteiger partial charge is 0.262 e. The van der Waals surface area contributed by atoms with Gasteiger partial charge in [0.1, 0.15) is 11.8 Å². The van der Waals surface area contributed by atoms with Crippen LogP contribution in [-0.2, 0) is 4.79 Å². The van der Waals surface area contributed by atoms with Crippen LogP contribution in [0.1, 0.15) is 43.6 Å². The Labute approximate surface area is 184 Å². The van der Waals surface area contributed by atoms with Crippen molar-refractivity contribution in [2.24, 2.45) is 11.0 Å². The third-order valence-electron chi connectivity index (χ3n) is 5.00. The van der Waals surface area contributed by atoms with Gasteiger partial charge in [-0.3, -0.25) is 9.59 Å². The third kappa shape index (κ3) is 6.84. The van der Waals surface area contributed by atoms with Gasteiger partial charge in [0, 0.05) is 24.3 Å². The topological polar surface area (TPSA) is 83.0 Å². The van der Waals surface area contributed by atoms with Gasteiger partial charge in [0.2, 0.25) is 0 Å². The van der Waals surface area contributed by atoms with Gasteiger partial charge in [-0.25, -0.2) is 5.43 Å². The van der Waals surface area contributed by atoms with Crippen LogP contribution in [-0.4, -0.2) is 44.3 Å². The van der Waals surface area contributed by atoms with Crippen molar-refractivity contribution in [3.63, 3.8) is 0 Å². The molecule has 166 valence electrons. The van der Waals surface area contributed by atoms with Crippen LogP contribution >= 0.6 is 0 Å². The molecule has 7 nitrogen and oxygen atoms in total. The Hall–Kier alpha value is -3.35. The van der Waals surface area contributed by atoms with Crippen molar-refractivity contribution in [3.05, 3.63) is 59.7 Å². The van der Waals surface area contributed by atoms with Crippen molar-refractivity contribution in [1.82, 2.24) is 10.7 Å². The number of rotatable bonds is 10. The van der Waals surface area contributed by atoms with Crippen molar-refractivity contribution >= 4 is 23.7 Å². The Balaban J connectivity index is 1.97. The molecule has 0 saturated heterocycles. The molecule has 0 heterocycles. The Kier molecular flexibility index (Phi) is 9.06. The highest BCUT2D eigenvalue weighted by molar-refractivity contribution is 5.97. The van der Waals surface area contributed by atoms with E-state index in [4.69, 9.17) is 4.74 Å². The van der Waals surface area contributed by atoms with Gasteiger partial charge in [-0.1, -0.05) is 26.0 Å². The number of methoxy groups -OCH3 is 1. The average Bonchev–Trinajstić information content (AvgIpc) is 2.78. The number of ether oxygens (including phenoxy) is 1. The summed E-state index contributed by atoms with van der Waals surface area (Å²) in [5, 5.41) is 6.84. The second kappa shape index (κ2) is 11.7. The van der Waals surface area contributed by atoms with E-state index in [0.29, 0.717) is 11.3 Å². The molecule has 2 rings (SSSR count). The van der Waals surface area contributed by atoms with Crippen molar-refractivity contribution in [3.8, 4) is 5.75 Å². The predicted molar refractivity (Wildman–Crippen MR) is 125 cm³/mol. The number of hydrogen-bond donors (Lipinski definition) is 2. The predicted octanol–water partition coefficient (Wildman–Crippen LogP) is 3.45. The maximum Gasteiger partial charge on any atom is 0.262 e. The molecule has 0 spiro atoms. The van der Waals surface area contributed by atoms with Crippen LogP contribution in [0.15, 0.2) is 53.6 Å². The fourth-order valence-corrected chi connectivity index (χ4v) is 3.10. The minimum Gasteiger partial charge on any atom is -0.497 e. The zero-order chi connectivity index (χ0) is 22.8. The molecular formula is C24H32N4O3. The van der Waals surface area contributed by atoms with Crippen molar-refractivity contribution in [2.75, 3.05) is 25.1 Å². The number of benzene rings is 2. The van der Waals surface area contributed by atoms with E-state index in [0.717, 1.165) is 24.3 Å². The number of hydrazone groups is 1. The Morgan fingerprint density at radius 3 is 2.16 bits per heavy atom. The summed E-state index contributed by atoms with van der Waals surface area (Å²) in [6, 6.07) is 14.0. The van der Waals surface area contributed by atoms with E-state index in [2.05, 4.69) is 34.6 Å². The molecule has 0 aliphatic carbocycles. The van der Waals surface area contributed by atoms with Crippen LogP contribution in [0, 0.1) is 5.92 Å². The van der Waals surface area contributed by atoms with Crippen LogP contribution in [0.4, 0.5) is 5.69 Å². The molecule has 0 saturated carbocycles. The first-order valence-electron chi connectivity index (χ1n) is 10.5. The summed E-state index contributed by atoms with van der Waals surface area (Å²) in [7, 11) is 1.56. The highest BCUT2D eigenvalue weighted by Crippen LogP contribution is 2.14. The Morgan fingerprint density at radius 1 is 1.03 bits per heavy atom. The minimum atomic E-state index is -0.711. The van der Waals surface area contributed by atoms with E-state index in [1.54, 1.807) is 37.6 Å². The van der Waals surface area contributed by atoms with E-state index in [1.807, 2.05) is 38.1 Å². The van der Waals surface area contributed by atoms with Gasteiger partial charge in [-0.05, 0) is 61.7 Å². The summed E-state index contributed by atoms with van der Waals surface area (Å²) < 4.78 is 5.10. The van der Waals surface area contributed by atoms with E-state index in [1.165, 1.54) is 0 Å². The lowest BCUT2D eigenvalue weighted by molar-refractivity contribution is -0.123. The maximum absolute atomic E-state index is 12.6. The molecule has 2 N–H and O–H groups in total. The van der Waals surface area contributed by atoms with Crippen LogP contribution in [0.3, 0.4) is 0 Å². The molecule has 0 aliphatic heterocycles. The summed E-state index contributed by atoms with van der Waals surface area (Å²) in [6.07, 6.45) is 1.59. The fourth-order valence-electron chi connectivity index (χ4n) is 3.10. The molecule has 0 fully saturated rings. The zero-order valence-corrected chi connectivity index (χ0v) is 18.9. The van der Waals surface area contributed by atoms with Crippen molar-refractivity contribution in [1.29, 1.82) is 0 Å². The number of carbonyl (C=O) groups excluding carboxylic acids is 2. The Bertz CT molecular complexity index is 873. The number of carbonyl (C=O) groups is 2. The first-order valence-corrected chi connectivity index (χ1v) is 10.5. The van der Waals surface area contributed by atoms with Crippen LogP contribution in [0.25, 0.3) is 0 Å². The van der Waals surface area contributed by atoms with Crippen molar-refractivity contribution < 1.29 is 14.3 Å². The van der Waals surface area contributed by atoms with Gasteiger partial charge >= 0.3 is 0 Å². The number of amides is 2. The van der Waals surface area contributed by atoms with Crippen LogP contribution in [0.2, 0.25) is 0 Å². The highest BCUT2D eigenvalue weighted by Gasteiger charge is 2.24. The van der Waals surface area contributed by atoms with Gasteiger partial charge < -0.3 is 15.0 Å². The molecule has 2 aromatic carbocycles. The van der Waals surface area contributed by atoms with Crippen LogP contribution < -0.4 is 20.4 Å². The quantitative estimate of drug-likeness (QED) is 0.452. The zero-order valence-electron chi connectivity index (χ0n) is 18.9. The summed E-state index contributed by atoms with van der Waals surface area (Å²) in [6.45, 7) is 9.86. The van der Waals surface area contributed by atoms with E-state index in [9.17, 15) is 9.59 Å². The minimum absolute atomic E-state index is 0.106. The number of hydrogen-bond acceptors (Lipinski definition) is 5. The van der Waals surface area contributed by atoms with Crippen molar-refractivity contribution in [2.45, 2.75) is 33.7 Å². The molecular weight excluding hydrogens is 392 g/mol. The first kappa shape index (κ1) is 23.9. The highest BCUT2D eigenvalue weighted by atomic mass is 16.5. The summed E-state index contributed by atoms with van der Waals surface area (Å²) >= 11 is 0. The maximum atomic E-state index is 12.6. The molecule has 0 aromatic heterocycles. The molecule has 31 heavy (non-hydrogen) atoms. The fraction of sp³-hybridized carbons (Fsp3) is 0.375. The molecule has 0 radical (unpaired) electrons. The van der Waals surface area contributed by atoms with Gasteiger partial charge in [0.15, 0.2) is 0 Å². The van der Waals surface area contributed by atoms with Gasteiger partial charge in [-0.2, -0.15) is 5.10 Å². The van der Waals surface area contributed by atoms with Crippen LogP contribution in [0.5, 0.6) is 5.75 Å². The SMILES string of the molecule is CCN(CC)c1ccc(C=NNC(=O)C(NC(=O)c2ccc(OC)cc2)C(C)C)cc1. The number of nitrogens with one attached hydrogen (secondary N) is 2. The molecule has 1 atom stereocenters. The third-order valence-corrected chi connectivity index (χ3v) is 5.00. The van der Waals surface area contributed by atoms with Gasteiger partial charge in [-0.15, -0.1) is 0 Å². The molecule has 0 bridgehead atoms. The first-order chi connectivity index (χ1) is 14.9. The van der Waals surface area contributed by atoms with E-state index in [-0.39, 0.29) is 17.7 Å². The molecule has 2 amide bonds. The largest absolute Gasteiger partial charge is 0.497 e. The standard InChI is InChI=1S/C24H32N4O3/c1-6-28(7-2)20-12-8-18(9-13-20)16-25-27-24(30)22(17(3)4)26-23(29)19-10-14-21(31-5)15-11-19/h8-17,22H,6-7H2,1-5H3,(H,26,29)(H,27,30). The van der Waals surface area contributed by atoms with Gasteiger partial charge in [0.25, 0.3) is 11.8 Å². The lowest BCUT2D eigenvalue weighted by Crippen LogP contribution is -2.48. The normalized spacial score (nSPS) is 11.9. The second-order valence-corrected chi connectivity index (χ2v) is 7.42. The molecule has 7 heteroatoms. The number of nitrogens with zero attached hydrogens (tertiary/aromatic N) is 2. The molecule has 1 unspecified atom stereocenters. The van der Waals surface area contributed by atoms with Gasteiger partial charge in [0.05, 0.1) is 13.3 Å². The van der Waals surface area contributed by atoms with E-state index < -0.39 is 6.04 Å². The lowest BCUT2D eigenvalue weighted by atomic mass is 10.0. The summed E-state index contributed by atoms with van der Waals surface area (Å²) in [5.74, 6) is -0.139.